The molecule has 6 fully saturated rings. The summed E-state index contributed by atoms with van der Waals surface area (Å²) in [7, 11) is 1.84. The smallest absolute Gasteiger partial charge is 0.343 e. The first-order valence-corrected chi connectivity index (χ1v) is 27.0. The molecule has 9 rings (SSSR count). The molecule has 73 heavy (non-hydrogen) atoms. The van der Waals surface area contributed by atoms with Crippen LogP contribution in [0.2, 0.25) is 0 Å². The molecular formula is C53H75FN12O7. The highest BCUT2D eigenvalue weighted by molar-refractivity contribution is 6.01. The molecule has 3 aromatic rings. The van der Waals surface area contributed by atoms with E-state index in [0.717, 1.165) is 116 Å². The number of halogens is 1. The molecule has 2 aromatic heterocycles. The zero-order valence-corrected chi connectivity index (χ0v) is 42.9. The lowest BCUT2D eigenvalue weighted by atomic mass is 9.79. The number of imide groups is 1. The summed E-state index contributed by atoms with van der Waals surface area (Å²) in [4.78, 5) is 82.1. The summed E-state index contributed by atoms with van der Waals surface area (Å²) in [6.45, 7) is 9.52. The second-order valence-corrected chi connectivity index (χ2v) is 21.5. The molecule has 6 aliphatic rings. The molecule has 0 bridgehead atoms. The van der Waals surface area contributed by atoms with Crippen LogP contribution in [0.5, 0.6) is 0 Å². The summed E-state index contributed by atoms with van der Waals surface area (Å²) >= 11 is 0. The average Bonchev–Trinajstić information content (AvgIpc) is 3.80. The normalized spacial score (nSPS) is 25.2. The number of ether oxygens (including phenoxy) is 1. The number of piperazine rings is 1. The molecule has 1 atom stereocenters. The third kappa shape index (κ3) is 12.7. The maximum Gasteiger partial charge on any atom is 0.343 e. The second-order valence-electron chi connectivity index (χ2n) is 21.5. The van der Waals surface area contributed by atoms with Gasteiger partial charge in [-0.1, -0.05) is 0 Å². The highest BCUT2D eigenvalue weighted by atomic mass is 19.1. The van der Waals surface area contributed by atoms with Gasteiger partial charge >= 0.3 is 5.97 Å². The number of aromatic nitrogens is 4. The minimum absolute atomic E-state index is 0.0285. The number of benzene rings is 1. The monoisotopic (exact) mass is 1010 g/mol. The van der Waals surface area contributed by atoms with Crippen LogP contribution < -0.4 is 26.2 Å². The number of likely N-dealkylation sites (tertiary alicyclic amines) is 1. The molecule has 0 spiro atoms. The summed E-state index contributed by atoms with van der Waals surface area (Å²) in [5.41, 5.74) is 1.78. The van der Waals surface area contributed by atoms with Crippen molar-refractivity contribution in [1.29, 1.82) is 0 Å². The van der Waals surface area contributed by atoms with Crippen molar-refractivity contribution in [1.82, 2.24) is 39.8 Å². The predicted molar refractivity (Wildman–Crippen MR) is 274 cm³/mol. The molecule has 4 amide bonds. The van der Waals surface area contributed by atoms with Gasteiger partial charge in [0, 0.05) is 102 Å². The first kappa shape index (κ1) is 52.0. The summed E-state index contributed by atoms with van der Waals surface area (Å²) in [6, 6.07) is 4.82. The first-order valence-electron chi connectivity index (χ1n) is 27.0. The van der Waals surface area contributed by atoms with Crippen molar-refractivity contribution in [2.24, 2.45) is 24.8 Å². The van der Waals surface area contributed by atoms with Gasteiger partial charge in [-0.3, -0.25) is 34.1 Å². The number of aliphatic hydroxyl groups is 1. The highest BCUT2D eigenvalue weighted by Crippen LogP contribution is 2.37. The van der Waals surface area contributed by atoms with Gasteiger partial charge in [0.2, 0.25) is 29.6 Å². The molecule has 1 aromatic carbocycles. The third-order valence-corrected chi connectivity index (χ3v) is 16.6. The van der Waals surface area contributed by atoms with E-state index in [1.54, 1.807) is 36.9 Å². The van der Waals surface area contributed by atoms with Crippen LogP contribution >= 0.6 is 0 Å². The Labute approximate surface area is 427 Å². The van der Waals surface area contributed by atoms with Crippen molar-refractivity contribution < 1.29 is 38.2 Å². The number of anilines is 5. The molecule has 4 aliphatic heterocycles. The maximum absolute atomic E-state index is 15.3. The van der Waals surface area contributed by atoms with Crippen LogP contribution in [-0.4, -0.2) is 152 Å². The third-order valence-electron chi connectivity index (χ3n) is 16.6. The Hall–Kier alpha value is -5.89. The van der Waals surface area contributed by atoms with E-state index in [1.165, 1.54) is 6.07 Å². The fourth-order valence-electron chi connectivity index (χ4n) is 12.2. The zero-order valence-electron chi connectivity index (χ0n) is 42.9. The molecule has 2 aliphatic carbocycles. The van der Waals surface area contributed by atoms with E-state index in [1.807, 2.05) is 23.0 Å². The van der Waals surface area contributed by atoms with Crippen LogP contribution in [0.15, 0.2) is 30.6 Å². The quantitative estimate of drug-likeness (QED) is 0.0936. The zero-order chi connectivity index (χ0) is 51.2. The van der Waals surface area contributed by atoms with Crippen LogP contribution in [0, 0.1) is 30.5 Å². The summed E-state index contributed by atoms with van der Waals surface area (Å²) in [5, 5.41) is 27.9. The first-order chi connectivity index (χ1) is 35.2. The number of nitrogens with one attached hydrogen (secondary N) is 4. The number of carbonyl (C=O) groups excluding carboxylic acids is 5. The summed E-state index contributed by atoms with van der Waals surface area (Å²) in [5.74, 6) is 0.159. The van der Waals surface area contributed by atoms with Crippen molar-refractivity contribution in [3.63, 3.8) is 0 Å². The molecule has 2 saturated carbocycles. The van der Waals surface area contributed by atoms with Gasteiger partial charge in [0.15, 0.2) is 0 Å². The molecule has 1 unspecified atom stereocenters. The number of piperidine rings is 3. The standard InChI is InChI=1S/C53H75FN12O7/c1-4-73-51(71)46-34(2)56-52(59-40-32-55-62(3)33-40)61-47(46)58-38-9-12-41(13-10-38)63-27-29-66(30-28-63)50(70)37-7-5-36(6-8-37)49(69)65-23-18-35(19-24-65)17-20-53(72)21-25-64(26-22-53)44-15-11-39(31-42(44)54)57-43-14-16-45(67)60-48(43)68/h11,15,31-33,35-38,41,43,57,72H,4-10,12-14,16-30H2,1-3H3,(H,60,67,68)(H2,56,58,59,61). The van der Waals surface area contributed by atoms with Crippen molar-refractivity contribution in [2.75, 3.05) is 79.8 Å². The minimum Gasteiger partial charge on any atom is -0.462 e. The van der Waals surface area contributed by atoms with Crippen molar-refractivity contribution in [3.05, 3.63) is 47.7 Å². The molecule has 4 saturated heterocycles. The lowest BCUT2D eigenvalue weighted by molar-refractivity contribution is -0.143. The van der Waals surface area contributed by atoms with E-state index in [-0.39, 0.29) is 48.6 Å². The Morgan fingerprint density at radius 3 is 2.12 bits per heavy atom. The van der Waals surface area contributed by atoms with Crippen LogP contribution in [0.3, 0.4) is 0 Å². The van der Waals surface area contributed by atoms with Crippen LogP contribution in [-0.2, 0) is 31.0 Å². The van der Waals surface area contributed by atoms with E-state index >= 15 is 4.39 Å². The van der Waals surface area contributed by atoms with Gasteiger partial charge in [0.05, 0.1) is 35.5 Å². The van der Waals surface area contributed by atoms with E-state index in [0.29, 0.717) is 85.1 Å². The Morgan fingerprint density at radius 1 is 0.836 bits per heavy atom. The van der Waals surface area contributed by atoms with E-state index in [9.17, 15) is 29.1 Å². The van der Waals surface area contributed by atoms with Gasteiger partial charge < -0.3 is 40.5 Å². The molecule has 5 N–H and O–H groups in total. The number of nitrogens with zero attached hydrogens (tertiary/aromatic N) is 8. The van der Waals surface area contributed by atoms with Gasteiger partial charge in [-0.15, -0.1) is 0 Å². The SMILES string of the molecule is CCOC(=O)c1c(C)nc(Nc2cnn(C)c2)nc1NC1CCC(N2CCN(C(=O)C3CCC(C(=O)N4CCC(CCC5(O)CCN(c6ccc(NC7CCC(=O)NC7=O)cc6F)CC5)CC4)CC3)CC2)CC1. The van der Waals surface area contributed by atoms with Crippen molar-refractivity contribution in [3.8, 4) is 0 Å². The van der Waals surface area contributed by atoms with Crippen molar-refractivity contribution >= 4 is 58.4 Å². The number of hydrogen-bond acceptors (Lipinski definition) is 15. The molecule has 20 heteroatoms. The number of hydrogen-bond donors (Lipinski definition) is 5. The van der Waals surface area contributed by atoms with Crippen LogP contribution in [0.1, 0.15) is 126 Å². The number of rotatable bonds is 15. The van der Waals surface area contributed by atoms with Crippen LogP contribution in [0.25, 0.3) is 0 Å². The average molecular weight is 1010 g/mol. The minimum atomic E-state index is -0.805. The van der Waals surface area contributed by atoms with Crippen LogP contribution in [0.4, 0.5) is 33.2 Å². The van der Waals surface area contributed by atoms with Crippen molar-refractivity contribution in [2.45, 2.75) is 140 Å². The number of esters is 1. The largest absolute Gasteiger partial charge is 0.462 e. The fourth-order valence-corrected chi connectivity index (χ4v) is 12.2. The molecule has 6 heterocycles. The van der Waals surface area contributed by atoms with E-state index < -0.39 is 29.3 Å². The number of aryl methyl sites for hydroxylation is 2. The fraction of sp³-hybridized carbons (Fsp3) is 0.660. The number of carbonyl (C=O) groups is 5. The summed E-state index contributed by atoms with van der Waals surface area (Å²) < 4.78 is 22.4. The topological polar surface area (TPSA) is 219 Å². The Bertz CT molecular complexity index is 2450. The number of amides is 4. The van der Waals surface area contributed by atoms with E-state index in [2.05, 4.69) is 41.1 Å². The van der Waals surface area contributed by atoms with Gasteiger partial charge in [-0.05, 0) is 134 Å². The molecule has 0 radical (unpaired) electrons. The van der Waals surface area contributed by atoms with Gasteiger partial charge in [0.25, 0.3) is 0 Å². The molecule has 19 nitrogen and oxygen atoms in total. The lowest BCUT2D eigenvalue weighted by Crippen LogP contribution is -2.54. The second kappa shape index (κ2) is 23.1. The van der Waals surface area contributed by atoms with Gasteiger partial charge in [-0.2, -0.15) is 10.1 Å². The summed E-state index contributed by atoms with van der Waals surface area (Å²) in [6.07, 6.45) is 15.5. The Balaban J connectivity index is 0.653. The predicted octanol–water partition coefficient (Wildman–Crippen LogP) is 5.52. The van der Waals surface area contributed by atoms with Gasteiger partial charge in [-0.25, -0.2) is 14.2 Å². The Morgan fingerprint density at radius 2 is 1.51 bits per heavy atom. The molecular weight excluding hydrogens is 936 g/mol. The highest BCUT2D eigenvalue weighted by Gasteiger charge is 2.39. The van der Waals surface area contributed by atoms with E-state index in [4.69, 9.17) is 9.72 Å². The lowest BCUT2D eigenvalue weighted by Gasteiger charge is -2.43. The molecule has 396 valence electrons. The maximum atomic E-state index is 15.3. The van der Waals surface area contributed by atoms with Gasteiger partial charge in [0.1, 0.15) is 23.2 Å². The Kier molecular flexibility index (Phi) is 16.5.